The minimum absolute atomic E-state index is 0.00758. The largest absolute Gasteiger partial charge is 0.334 e. The summed E-state index contributed by atoms with van der Waals surface area (Å²) in [6, 6.07) is 11.5. The molecule has 0 bridgehead atoms. The van der Waals surface area contributed by atoms with E-state index in [4.69, 9.17) is 16.1 Å². The molecule has 3 aromatic rings. The van der Waals surface area contributed by atoms with Crippen LogP contribution >= 0.6 is 23.4 Å². The zero-order valence-corrected chi connectivity index (χ0v) is 13.5. The molecule has 6 nitrogen and oxygen atoms in total. The van der Waals surface area contributed by atoms with E-state index in [9.17, 15) is 10.1 Å². The number of thioether (sulfide) groups is 1. The minimum Gasteiger partial charge on any atom is -0.334 e. The molecule has 0 aliphatic carbocycles. The van der Waals surface area contributed by atoms with Gasteiger partial charge >= 0.3 is 0 Å². The molecule has 0 saturated carbocycles. The zero-order chi connectivity index (χ0) is 16.4. The molecule has 0 aliphatic heterocycles. The summed E-state index contributed by atoms with van der Waals surface area (Å²) in [6.45, 7) is 0. The Labute approximate surface area is 140 Å². The topological polar surface area (TPSA) is 82.1 Å². The van der Waals surface area contributed by atoms with E-state index in [1.807, 2.05) is 18.4 Å². The maximum absolute atomic E-state index is 10.7. The average molecular weight is 348 g/mol. The monoisotopic (exact) mass is 347 g/mol. The van der Waals surface area contributed by atoms with Crippen molar-refractivity contribution in [3.63, 3.8) is 0 Å². The van der Waals surface area contributed by atoms with E-state index in [0.29, 0.717) is 27.9 Å². The van der Waals surface area contributed by atoms with Gasteiger partial charge in [-0.2, -0.15) is 4.98 Å². The van der Waals surface area contributed by atoms with Crippen molar-refractivity contribution < 1.29 is 9.45 Å². The third-order valence-electron chi connectivity index (χ3n) is 3.17. The third-order valence-corrected chi connectivity index (χ3v) is 4.22. The quantitative estimate of drug-likeness (QED) is 0.387. The van der Waals surface area contributed by atoms with Gasteiger partial charge in [-0.05, 0) is 36.6 Å². The number of rotatable bonds is 4. The molecule has 0 fully saturated rings. The second-order valence-corrected chi connectivity index (χ2v) is 5.86. The molecule has 0 aliphatic rings. The molecule has 8 heteroatoms. The van der Waals surface area contributed by atoms with Crippen LogP contribution < -0.4 is 0 Å². The summed E-state index contributed by atoms with van der Waals surface area (Å²) in [5.74, 6) is 0.653. The molecule has 23 heavy (non-hydrogen) atoms. The number of halogens is 1. The fourth-order valence-electron chi connectivity index (χ4n) is 1.98. The first-order valence-electron chi connectivity index (χ1n) is 6.51. The Morgan fingerprint density at radius 3 is 2.61 bits per heavy atom. The first-order valence-corrected chi connectivity index (χ1v) is 8.11. The highest BCUT2D eigenvalue weighted by Gasteiger charge is 2.15. The van der Waals surface area contributed by atoms with Gasteiger partial charge in [0.25, 0.3) is 11.6 Å². The van der Waals surface area contributed by atoms with Crippen LogP contribution in [0.1, 0.15) is 0 Å². The van der Waals surface area contributed by atoms with Crippen LogP contribution in [-0.2, 0) is 0 Å². The van der Waals surface area contributed by atoms with Gasteiger partial charge in [0.15, 0.2) is 0 Å². The van der Waals surface area contributed by atoms with Crippen LogP contribution in [0.4, 0.5) is 5.69 Å². The molecule has 1 heterocycles. The molecule has 1 aromatic heterocycles. The third kappa shape index (κ3) is 3.20. The van der Waals surface area contributed by atoms with Crippen molar-refractivity contribution in [1.29, 1.82) is 0 Å². The standard InChI is InChI=1S/C15H10ClN3O3S/c1-23-11-6-7-13(16)12(8-11)15-17-14(18-22-15)9-2-4-10(5-3-9)19(20)21/h2-8H,1H3. The van der Waals surface area contributed by atoms with E-state index in [-0.39, 0.29) is 5.69 Å². The summed E-state index contributed by atoms with van der Waals surface area (Å²) < 4.78 is 5.27. The lowest BCUT2D eigenvalue weighted by Gasteiger charge is -2.01. The molecule has 0 saturated heterocycles. The van der Waals surface area contributed by atoms with E-state index >= 15 is 0 Å². The Balaban J connectivity index is 1.95. The van der Waals surface area contributed by atoms with E-state index < -0.39 is 4.92 Å². The van der Waals surface area contributed by atoms with Crippen LogP contribution in [0, 0.1) is 10.1 Å². The fraction of sp³-hybridized carbons (Fsp3) is 0.0667. The summed E-state index contributed by atoms with van der Waals surface area (Å²) in [7, 11) is 0. The summed E-state index contributed by atoms with van der Waals surface area (Å²) in [5.41, 5.74) is 1.29. The molecule has 0 N–H and O–H groups in total. The average Bonchev–Trinajstić information content (AvgIpc) is 3.05. The number of hydrogen-bond donors (Lipinski definition) is 0. The Hall–Kier alpha value is -2.38. The normalized spacial score (nSPS) is 10.7. The minimum atomic E-state index is -0.459. The number of benzene rings is 2. The van der Waals surface area contributed by atoms with E-state index in [0.717, 1.165) is 4.90 Å². The summed E-state index contributed by atoms with van der Waals surface area (Å²) in [5, 5.41) is 15.1. The summed E-state index contributed by atoms with van der Waals surface area (Å²) in [6.07, 6.45) is 1.96. The first kappa shape index (κ1) is 15.5. The van der Waals surface area contributed by atoms with Gasteiger partial charge in [0.1, 0.15) is 0 Å². The van der Waals surface area contributed by atoms with Crippen molar-refractivity contribution in [2.75, 3.05) is 6.26 Å². The lowest BCUT2D eigenvalue weighted by atomic mass is 10.2. The van der Waals surface area contributed by atoms with Gasteiger partial charge in [0.05, 0.1) is 15.5 Å². The van der Waals surface area contributed by atoms with Gasteiger partial charge in [-0.15, -0.1) is 11.8 Å². The lowest BCUT2D eigenvalue weighted by Crippen LogP contribution is -1.88. The van der Waals surface area contributed by atoms with Crippen molar-refractivity contribution in [3.05, 3.63) is 57.6 Å². The second-order valence-electron chi connectivity index (χ2n) is 4.57. The number of nitrogens with zero attached hydrogens (tertiary/aromatic N) is 3. The molecule has 2 aromatic carbocycles. The number of nitro groups is 1. The van der Waals surface area contributed by atoms with Gasteiger partial charge in [-0.3, -0.25) is 10.1 Å². The van der Waals surface area contributed by atoms with Crippen LogP contribution in [-0.4, -0.2) is 21.3 Å². The lowest BCUT2D eigenvalue weighted by molar-refractivity contribution is -0.384. The van der Waals surface area contributed by atoms with Crippen LogP contribution in [0.3, 0.4) is 0 Å². The maximum atomic E-state index is 10.7. The van der Waals surface area contributed by atoms with E-state index in [1.165, 1.54) is 12.1 Å². The predicted molar refractivity (Wildman–Crippen MR) is 88.6 cm³/mol. The molecule has 0 atom stereocenters. The molecule has 0 unspecified atom stereocenters. The molecular formula is C15H10ClN3O3S. The van der Waals surface area contributed by atoms with Crippen molar-refractivity contribution in [3.8, 4) is 22.8 Å². The maximum Gasteiger partial charge on any atom is 0.269 e. The van der Waals surface area contributed by atoms with Crippen molar-refractivity contribution in [1.82, 2.24) is 10.1 Å². The second kappa shape index (κ2) is 6.39. The number of hydrogen-bond acceptors (Lipinski definition) is 6. The fourth-order valence-corrected chi connectivity index (χ4v) is 2.62. The molecule has 116 valence electrons. The highest BCUT2D eigenvalue weighted by atomic mass is 35.5. The van der Waals surface area contributed by atoms with Crippen LogP contribution in [0.2, 0.25) is 5.02 Å². The molecule has 3 rings (SSSR count). The SMILES string of the molecule is CSc1ccc(Cl)c(-c2nc(-c3ccc([N+](=O)[O-])cc3)no2)c1. The Morgan fingerprint density at radius 2 is 1.96 bits per heavy atom. The summed E-state index contributed by atoms with van der Waals surface area (Å²) in [4.78, 5) is 15.6. The van der Waals surface area contributed by atoms with Crippen molar-refractivity contribution >= 4 is 29.1 Å². The summed E-state index contributed by atoms with van der Waals surface area (Å²) >= 11 is 7.77. The number of aromatic nitrogens is 2. The molecule has 0 radical (unpaired) electrons. The van der Waals surface area contributed by atoms with Gasteiger partial charge in [0.2, 0.25) is 5.82 Å². The van der Waals surface area contributed by atoms with E-state index in [2.05, 4.69) is 10.1 Å². The Kier molecular flexibility index (Phi) is 4.31. The number of nitro benzene ring substituents is 1. The Bertz CT molecular complexity index is 865. The number of non-ortho nitro benzene ring substituents is 1. The van der Waals surface area contributed by atoms with Crippen molar-refractivity contribution in [2.45, 2.75) is 4.90 Å². The van der Waals surface area contributed by atoms with E-state index in [1.54, 1.807) is 30.0 Å². The van der Waals surface area contributed by atoms with Crippen LogP contribution in [0.15, 0.2) is 51.9 Å². The predicted octanol–water partition coefficient (Wildman–Crippen LogP) is 4.69. The Morgan fingerprint density at radius 1 is 1.22 bits per heavy atom. The highest BCUT2D eigenvalue weighted by Crippen LogP contribution is 2.32. The van der Waals surface area contributed by atoms with Gasteiger partial charge in [-0.1, -0.05) is 16.8 Å². The van der Waals surface area contributed by atoms with Gasteiger partial charge in [0, 0.05) is 22.6 Å². The van der Waals surface area contributed by atoms with Crippen LogP contribution in [0.5, 0.6) is 0 Å². The van der Waals surface area contributed by atoms with Gasteiger partial charge < -0.3 is 4.52 Å². The first-order chi connectivity index (χ1) is 11.1. The molecular weight excluding hydrogens is 338 g/mol. The molecule has 0 amide bonds. The smallest absolute Gasteiger partial charge is 0.269 e. The van der Waals surface area contributed by atoms with Gasteiger partial charge in [-0.25, -0.2) is 0 Å². The van der Waals surface area contributed by atoms with Crippen LogP contribution in [0.25, 0.3) is 22.8 Å². The molecule has 0 spiro atoms. The highest BCUT2D eigenvalue weighted by molar-refractivity contribution is 7.98. The van der Waals surface area contributed by atoms with Crippen molar-refractivity contribution in [2.24, 2.45) is 0 Å². The zero-order valence-electron chi connectivity index (χ0n) is 11.9.